The number of hydrogen-bond donors (Lipinski definition) is 2. The Balaban J connectivity index is 1.87. The van der Waals surface area contributed by atoms with Crippen molar-refractivity contribution in [1.29, 1.82) is 0 Å². The minimum atomic E-state index is 0.0980. The zero-order valence-electron chi connectivity index (χ0n) is 11.2. The van der Waals surface area contributed by atoms with Crippen LogP contribution in [0, 0.1) is 0 Å². The summed E-state index contributed by atoms with van der Waals surface area (Å²) in [7, 11) is 0. The first-order valence-electron chi connectivity index (χ1n) is 6.97. The molecule has 0 aliphatic heterocycles. The van der Waals surface area contributed by atoms with E-state index in [-0.39, 0.29) is 6.61 Å². The van der Waals surface area contributed by atoms with Gasteiger partial charge in [0.2, 0.25) is 0 Å². The summed E-state index contributed by atoms with van der Waals surface area (Å²) < 4.78 is 2.92. The molecule has 5 heteroatoms. The molecule has 1 heterocycles. The second kappa shape index (κ2) is 5.97. The maximum atomic E-state index is 9.17. The Morgan fingerprint density at radius 3 is 2.65 bits per heavy atom. The van der Waals surface area contributed by atoms with E-state index in [2.05, 4.69) is 32.4 Å². The lowest BCUT2D eigenvalue weighted by Gasteiger charge is -2.27. The van der Waals surface area contributed by atoms with Crippen LogP contribution in [0.15, 0.2) is 34.8 Å². The molecule has 106 valence electrons. The summed E-state index contributed by atoms with van der Waals surface area (Å²) in [4.78, 5) is 0. The maximum absolute atomic E-state index is 9.17. The van der Waals surface area contributed by atoms with Crippen LogP contribution >= 0.6 is 15.9 Å². The van der Waals surface area contributed by atoms with Crippen LogP contribution in [0.2, 0.25) is 0 Å². The average Bonchev–Trinajstić information content (AvgIpc) is 2.78. The van der Waals surface area contributed by atoms with Gasteiger partial charge < -0.3 is 10.4 Å². The van der Waals surface area contributed by atoms with E-state index in [1.54, 1.807) is 0 Å². The first-order valence-corrected chi connectivity index (χ1v) is 7.77. The average molecular weight is 336 g/mol. The van der Waals surface area contributed by atoms with Crippen molar-refractivity contribution in [1.82, 2.24) is 9.78 Å². The van der Waals surface area contributed by atoms with Gasteiger partial charge in [-0.05, 0) is 31.4 Å². The standard InChI is InChI=1S/C15H18BrN3O/c16-12-6-4-11(5-7-12)14-10-15(17-13-2-1-3-13)19(18-14)8-9-20/h4-7,10,13,17,20H,1-3,8-9H2. The van der Waals surface area contributed by atoms with Gasteiger partial charge in [-0.15, -0.1) is 0 Å². The molecule has 20 heavy (non-hydrogen) atoms. The smallest absolute Gasteiger partial charge is 0.125 e. The maximum Gasteiger partial charge on any atom is 0.125 e. The van der Waals surface area contributed by atoms with Gasteiger partial charge in [0, 0.05) is 22.1 Å². The van der Waals surface area contributed by atoms with Crippen LogP contribution in [0.3, 0.4) is 0 Å². The van der Waals surface area contributed by atoms with Crippen LogP contribution in [0.1, 0.15) is 19.3 Å². The minimum absolute atomic E-state index is 0.0980. The van der Waals surface area contributed by atoms with Crippen molar-refractivity contribution in [3.63, 3.8) is 0 Å². The summed E-state index contributed by atoms with van der Waals surface area (Å²) in [6.07, 6.45) is 3.74. The fourth-order valence-corrected chi connectivity index (χ4v) is 2.59. The van der Waals surface area contributed by atoms with E-state index in [0.717, 1.165) is 21.5 Å². The Kier molecular flexibility index (Phi) is 4.08. The van der Waals surface area contributed by atoms with Crippen LogP contribution in [0.4, 0.5) is 5.82 Å². The molecule has 1 aliphatic rings. The Morgan fingerprint density at radius 1 is 1.30 bits per heavy atom. The Labute approximate surface area is 126 Å². The third kappa shape index (κ3) is 2.88. The summed E-state index contributed by atoms with van der Waals surface area (Å²) in [5, 5.41) is 17.3. The van der Waals surface area contributed by atoms with Gasteiger partial charge in [0.15, 0.2) is 0 Å². The van der Waals surface area contributed by atoms with Crippen LogP contribution in [0.25, 0.3) is 11.3 Å². The van der Waals surface area contributed by atoms with Crippen LogP contribution in [-0.4, -0.2) is 27.5 Å². The first kappa shape index (κ1) is 13.6. The molecule has 1 aromatic carbocycles. The molecular formula is C15H18BrN3O. The summed E-state index contributed by atoms with van der Waals surface area (Å²) in [6, 6.07) is 10.7. The van der Waals surface area contributed by atoms with Gasteiger partial charge in [0.1, 0.15) is 5.82 Å². The van der Waals surface area contributed by atoms with Gasteiger partial charge in [-0.2, -0.15) is 5.10 Å². The van der Waals surface area contributed by atoms with Gasteiger partial charge in [0.25, 0.3) is 0 Å². The highest BCUT2D eigenvalue weighted by atomic mass is 79.9. The predicted octanol–water partition coefficient (Wildman–Crippen LogP) is 3.27. The lowest BCUT2D eigenvalue weighted by Crippen LogP contribution is -2.28. The van der Waals surface area contributed by atoms with Crippen molar-refractivity contribution < 1.29 is 5.11 Å². The molecular weight excluding hydrogens is 318 g/mol. The molecule has 0 saturated heterocycles. The third-order valence-electron chi connectivity index (χ3n) is 3.69. The molecule has 2 N–H and O–H groups in total. The molecule has 0 bridgehead atoms. The molecule has 0 radical (unpaired) electrons. The van der Waals surface area contributed by atoms with Gasteiger partial charge >= 0.3 is 0 Å². The van der Waals surface area contributed by atoms with Crippen molar-refractivity contribution in [2.75, 3.05) is 11.9 Å². The fraction of sp³-hybridized carbons (Fsp3) is 0.400. The topological polar surface area (TPSA) is 50.1 Å². The highest BCUT2D eigenvalue weighted by Gasteiger charge is 2.19. The molecule has 1 aliphatic carbocycles. The fourth-order valence-electron chi connectivity index (χ4n) is 2.32. The van der Waals surface area contributed by atoms with Crippen molar-refractivity contribution in [2.24, 2.45) is 0 Å². The SMILES string of the molecule is OCCn1nc(-c2ccc(Br)cc2)cc1NC1CCC1. The van der Waals surface area contributed by atoms with E-state index in [1.165, 1.54) is 19.3 Å². The summed E-state index contributed by atoms with van der Waals surface area (Å²) >= 11 is 3.44. The number of hydrogen-bond acceptors (Lipinski definition) is 3. The van der Waals surface area contributed by atoms with Gasteiger partial charge in [-0.3, -0.25) is 0 Å². The third-order valence-corrected chi connectivity index (χ3v) is 4.22. The number of halogens is 1. The Bertz CT molecular complexity index is 575. The Morgan fingerprint density at radius 2 is 2.05 bits per heavy atom. The molecule has 0 amide bonds. The highest BCUT2D eigenvalue weighted by Crippen LogP contribution is 2.27. The van der Waals surface area contributed by atoms with E-state index < -0.39 is 0 Å². The molecule has 0 spiro atoms. The van der Waals surface area contributed by atoms with Crippen molar-refractivity contribution in [3.05, 3.63) is 34.8 Å². The second-order valence-electron chi connectivity index (χ2n) is 5.14. The van der Waals surface area contributed by atoms with Crippen LogP contribution < -0.4 is 5.32 Å². The second-order valence-corrected chi connectivity index (χ2v) is 6.06. The predicted molar refractivity (Wildman–Crippen MR) is 83.7 cm³/mol. The molecule has 0 unspecified atom stereocenters. The monoisotopic (exact) mass is 335 g/mol. The number of anilines is 1. The number of nitrogens with zero attached hydrogens (tertiary/aromatic N) is 2. The van der Waals surface area contributed by atoms with Crippen molar-refractivity contribution in [3.8, 4) is 11.3 Å². The number of benzene rings is 1. The Hall–Kier alpha value is -1.33. The number of rotatable bonds is 5. The van der Waals surface area contributed by atoms with E-state index in [1.807, 2.05) is 28.9 Å². The molecule has 4 nitrogen and oxygen atoms in total. The number of aliphatic hydroxyl groups is 1. The van der Waals surface area contributed by atoms with Crippen LogP contribution in [-0.2, 0) is 6.54 Å². The summed E-state index contributed by atoms with van der Waals surface area (Å²) in [5.41, 5.74) is 2.02. The molecule has 2 aromatic rings. The largest absolute Gasteiger partial charge is 0.394 e. The van der Waals surface area contributed by atoms with Crippen molar-refractivity contribution >= 4 is 21.7 Å². The van der Waals surface area contributed by atoms with E-state index in [9.17, 15) is 5.11 Å². The van der Waals surface area contributed by atoms with Gasteiger partial charge in [-0.1, -0.05) is 28.1 Å². The van der Waals surface area contributed by atoms with E-state index >= 15 is 0 Å². The quantitative estimate of drug-likeness (QED) is 0.881. The molecule has 1 fully saturated rings. The lowest BCUT2D eigenvalue weighted by molar-refractivity contribution is 0.270. The lowest BCUT2D eigenvalue weighted by atomic mass is 9.93. The molecule has 0 atom stereocenters. The highest BCUT2D eigenvalue weighted by molar-refractivity contribution is 9.10. The zero-order valence-corrected chi connectivity index (χ0v) is 12.8. The number of aromatic nitrogens is 2. The van der Waals surface area contributed by atoms with E-state index in [4.69, 9.17) is 0 Å². The normalized spacial score (nSPS) is 15.1. The van der Waals surface area contributed by atoms with E-state index in [0.29, 0.717) is 12.6 Å². The molecule has 1 aromatic heterocycles. The summed E-state index contributed by atoms with van der Waals surface area (Å²) in [6.45, 7) is 0.617. The number of aliphatic hydroxyl groups excluding tert-OH is 1. The number of nitrogens with one attached hydrogen (secondary N) is 1. The first-order chi connectivity index (χ1) is 9.76. The molecule has 1 saturated carbocycles. The summed E-state index contributed by atoms with van der Waals surface area (Å²) in [5.74, 6) is 1.00. The van der Waals surface area contributed by atoms with Gasteiger partial charge in [-0.25, -0.2) is 4.68 Å². The van der Waals surface area contributed by atoms with Crippen molar-refractivity contribution in [2.45, 2.75) is 31.8 Å². The molecule has 3 rings (SSSR count). The van der Waals surface area contributed by atoms with Gasteiger partial charge in [0.05, 0.1) is 18.8 Å². The van der Waals surface area contributed by atoms with Crippen LogP contribution in [0.5, 0.6) is 0 Å². The zero-order chi connectivity index (χ0) is 13.9. The minimum Gasteiger partial charge on any atom is -0.394 e.